The number of carbonyl (C=O) groups excluding carboxylic acids is 2. The molecule has 2 rings (SSSR count). The molecule has 0 bridgehead atoms. The number of carbonyl (C=O) groups is 2. The summed E-state index contributed by atoms with van der Waals surface area (Å²) in [6, 6.07) is 14.3. The highest BCUT2D eigenvalue weighted by Crippen LogP contribution is 2.03. The van der Waals surface area contributed by atoms with Crippen LogP contribution in [0.25, 0.3) is 0 Å². The highest BCUT2D eigenvalue weighted by atomic mass is 16.2. The van der Waals surface area contributed by atoms with E-state index in [-0.39, 0.29) is 11.8 Å². The van der Waals surface area contributed by atoms with Gasteiger partial charge in [-0.2, -0.15) is 10.2 Å². The molecule has 0 spiro atoms. The predicted octanol–water partition coefficient (Wildman–Crippen LogP) is 2.82. The summed E-state index contributed by atoms with van der Waals surface area (Å²) in [4.78, 5) is 23.8. The van der Waals surface area contributed by atoms with Crippen LogP contribution in [0.3, 0.4) is 0 Å². The van der Waals surface area contributed by atoms with Gasteiger partial charge in [-0.15, -0.1) is 0 Å². The first kappa shape index (κ1) is 18.1. The Labute approximate surface area is 146 Å². The molecule has 6 heteroatoms. The van der Waals surface area contributed by atoms with Crippen LogP contribution in [0.1, 0.15) is 38.8 Å². The number of aryl methyl sites for hydroxylation is 2. The third kappa shape index (κ3) is 5.69. The minimum Gasteiger partial charge on any atom is -0.267 e. The second-order valence-corrected chi connectivity index (χ2v) is 5.63. The Bertz CT molecular complexity index is 806. The first-order chi connectivity index (χ1) is 12.0. The van der Waals surface area contributed by atoms with E-state index in [0.717, 1.165) is 11.1 Å². The molecule has 0 fully saturated rings. The Kier molecular flexibility index (Phi) is 6.17. The van der Waals surface area contributed by atoms with Crippen LogP contribution in [0.4, 0.5) is 0 Å². The first-order valence-corrected chi connectivity index (χ1v) is 7.77. The lowest BCUT2D eigenvalue weighted by molar-refractivity contribution is 0.0946. The van der Waals surface area contributed by atoms with Crippen LogP contribution >= 0.6 is 0 Å². The second kappa shape index (κ2) is 8.54. The van der Waals surface area contributed by atoms with Gasteiger partial charge in [0.15, 0.2) is 0 Å². The zero-order valence-corrected chi connectivity index (χ0v) is 14.4. The summed E-state index contributed by atoms with van der Waals surface area (Å²) in [6.07, 6.45) is 1.36. The Morgan fingerprint density at radius 2 is 1.24 bits per heavy atom. The largest absolute Gasteiger partial charge is 0.271 e. The summed E-state index contributed by atoms with van der Waals surface area (Å²) in [6.45, 7) is 5.56. The summed E-state index contributed by atoms with van der Waals surface area (Å²) in [7, 11) is 0. The van der Waals surface area contributed by atoms with E-state index in [2.05, 4.69) is 21.1 Å². The van der Waals surface area contributed by atoms with Crippen LogP contribution in [0.15, 0.2) is 58.7 Å². The minimum absolute atomic E-state index is 0.309. The Morgan fingerprint density at radius 3 is 1.72 bits per heavy atom. The SMILES string of the molecule is CC(/C=N/NC(=O)c1ccc(C)cc1)=N\NC(=O)c1ccc(C)cc1. The molecule has 0 radical (unpaired) electrons. The topological polar surface area (TPSA) is 82.9 Å². The molecule has 25 heavy (non-hydrogen) atoms. The molecule has 0 heterocycles. The summed E-state index contributed by atoms with van der Waals surface area (Å²) in [5, 5.41) is 7.75. The number of hydrogen-bond acceptors (Lipinski definition) is 4. The molecule has 6 nitrogen and oxygen atoms in total. The van der Waals surface area contributed by atoms with E-state index < -0.39 is 0 Å². The van der Waals surface area contributed by atoms with Gasteiger partial charge in [0.05, 0.1) is 11.9 Å². The molecular formula is C19H20N4O2. The van der Waals surface area contributed by atoms with Crippen LogP contribution in [0, 0.1) is 13.8 Å². The van der Waals surface area contributed by atoms with Crippen LogP contribution in [0.2, 0.25) is 0 Å². The van der Waals surface area contributed by atoms with Gasteiger partial charge < -0.3 is 0 Å². The standard InChI is InChI=1S/C19H20N4O2/c1-13-4-8-16(9-5-13)18(24)22-20-12-15(3)21-23-19(25)17-10-6-14(2)7-11-17/h4-12H,1-3H3,(H,22,24)(H,23,25)/b20-12+,21-15+. The maximum absolute atomic E-state index is 11.9. The molecule has 0 atom stereocenters. The van der Waals surface area contributed by atoms with Crippen molar-refractivity contribution in [2.75, 3.05) is 0 Å². The molecule has 2 aromatic rings. The van der Waals surface area contributed by atoms with Gasteiger partial charge in [0, 0.05) is 11.1 Å². The van der Waals surface area contributed by atoms with Crippen molar-refractivity contribution in [1.82, 2.24) is 10.9 Å². The van der Waals surface area contributed by atoms with Gasteiger partial charge >= 0.3 is 0 Å². The number of rotatable bonds is 5. The van der Waals surface area contributed by atoms with Crippen molar-refractivity contribution in [2.24, 2.45) is 10.2 Å². The van der Waals surface area contributed by atoms with Crippen LogP contribution in [0.5, 0.6) is 0 Å². The van der Waals surface area contributed by atoms with Crippen molar-refractivity contribution in [3.63, 3.8) is 0 Å². The van der Waals surface area contributed by atoms with E-state index in [0.29, 0.717) is 16.8 Å². The number of hydrazone groups is 2. The quantitative estimate of drug-likeness (QED) is 0.650. The maximum Gasteiger partial charge on any atom is 0.271 e. The van der Waals surface area contributed by atoms with Crippen molar-refractivity contribution in [1.29, 1.82) is 0 Å². The average Bonchev–Trinajstić information content (AvgIpc) is 2.60. The fourth-order valence-corrected chi connectivity index (χ4v) is 1.89. The predicted molar refractivity (Wildman–Crippen MR) is 98.9 cm³/mol. The number of benzene rings is 2. The highest BCUT2D eigenvalue weighted by Gasteiger charge is 2.04. The number of nitrogens with one attached hydrogen (secondary N) is 2. The van der Waals surface area contributed by atoms with Crippen LogP contribution in [-0.2, 0) is 0 Å². The van der Waals surface area contributed by atoms with Gasteiger partial charge in [0.2, 0.25) is 0 Å². The molecule has 2 aromatic carbocycles. The molecule has 0 unspecified atom stereocenters. The average molecular weight is 336 g/mol. The summed E-state index contributed by atoms with van der Waals surface area (Å²) >= 11 is 0. The summed E-state index contributed by atoms with van der Waals surface area (Å²) < 4.78 is 0. The lowest BCUT2D eigenvalue weighted by Gasteiger charge is -2.01. The fourth-order valence-electron chi connectivity index (χ4n) is 1.89. The van der Waals surface area contributed by atoms with Crippen LogP contribution < -0.4 is 10.9 Å². The van der Waals surface area contributed by atoms with Crippen molar-refractivity contribution in [2.45, 2.75) is 20.8 Å². The van der Waals surface area contributed by atoms with Gasteiger partial charge in [-0.25, -0.2) is 10.9 Å². The van der Waals surface area contributed by atoms with E-state index in [1.165, 1.54) is 6.21 Å². The van der Waals surface area contributed by atoms with Gasteiger partial charge in [-0.1, -0.05) is 35.4 Å². The molecule has 0 saturated carbocycles. The zero-order chi connectivity index (χ0) is 18.2. The molecule has 0 saturated heterocycles. The van der Waals surface area contributed by atoms with Gasteiger partial charge in [0.25, 0.3) is 11.8 Å². The fraction of sp³-hybridized carbons (Fsp3) is 0.158. The normalized spacial score (nSPS) is 11.4. The molecule has 0 aromatic heterocycles. The molecule has 128 valence electrons. The minimum atomic E-state index is -0.312. The van der Waals surface area contributed by atoms with E-state index in [1.54, 1.807) is 31.2 Å². The van der Waals surface area contributed by atoms with Gasteiger partial charge in [-0.05, 0) is 45.0 Å². The molecular weight excluding hydrogens is 316 g/mol. The third-order valence-electron chi connectivity index (χ3n) is 3.38. The Balaban J connectivity index is 1.86. The summed E-state index contributed by atoms with van der Waals surface area (Å²) in [5.41, 5.74) is 8.49. The van der Waals surface area contributed by atoms with Crippen LogP contribution in [-0.4, -0.2) is 23.7 Å². The first-order valence-electron chi connectivity index (χ1n) is 7.77. The molecule has 0 aliphatic rings. The van der Waals surface area contributed by atoms with Gasteiger partial charge in [0.1, 0.15) is 0 Å². The van der Waals surface area contributed by atoms with E-state index >= 15 is 0 Å². The van der Waals surface area contributed by atoms with Gasteiger partial charge in [-0.3, -0.25) is 9.59 Å². The number of nitrogens with zero attached hydrogens (tertiary/aromatic N) is 2. The van der Waals surface area contributed by atoms with E-state index in [4.69, 9.17) is 0 Å². The number of amides is 2. The van der Waals surface area contributed by atoms with Crippen molar-refractivity contribution in [3.8, 4) is 0 Å². The second-order valence-electron chi connectivity index (χ2n) is 5.63. The molecule has 2 amide bonds. The smallest absolute Gasteiger partial charge is 0.267 e. The van der Waals surface area contributed by atoms with E-state index in [1.807, 2.05) is 38.1 Å². The van der Waals surface area contributed by atoms with Crippen molar-refractivity contribution in [3.05, 3.63) is 70.8 Å². The summed E-state index contributed by atoms with van der Waals surface area (Å²) in [5.74, 6) is -0.621. The third-order valence-corrected chi connectivity index (χ3v) is 3.38. The lowest BCUT2D eigenvalue weighted by Crippen LogP contribution is -2.21. The van der Waals surface area contributed by atoms with Crippen molar-refractivity contribution < 1.29 is 9.59 Å². The zero-order valence-electron chi connectivity index (χ0n) is 14.4. The highest BCUT2D eigenvalue weighted by molar-refractivity contribution is 6.29. The molecule has 0 aliphatic carbocycles. The monoisotopic (exact) mass is 336 g/mol. The lowest BCUT2D eigenvalue weighted by atomic mass is 10.1. The molecule has 2 N–H and O–H groups in total. The molecule has 0 aliphatic heterocycles. The van der Waals surface area contributed by atoms with Crippen molar-refractivity contribution >= 4 is 23.7 Å². The van der Waals surface area contributed by atoms with E-state index in [9.17, 15) is 9.59 Å². The Hall–Kier alpha value is -3.28. The maximum atomic E-state index is 11.9. The Morgan fingerprint density at radius 1 is 0.800 bits per heavy atom. The number of hydrogen-bond donors (Lipinski definition) is 2.